The van der Waals surface area contributed by atoms with Gasteiger partial charge in [0, 0.05) is 15.9 Å². The number of hydrogen-bond acceptors (Lipinski definition) is 4. The van der Waals surface area contributed by atoms with Gasteiger partial charge in [-0.05, 0) is 42.7 Å². The first-order valence-corrected chi connectivity index (χ1v) is 11.9. The number of carbonyl (C=O) groups excluding carboxylic acids is 1. The summed E-state index contributed by atoms with van der Waals surface area (Å²) in [5.74, 6) is -1.47. The van der Waals surface area contributed by atoms with Crippen molar-refractivity contribution >= 4 is 52.1 Å². The quantitative estimate of drug-likeness (QED) is 0.438. The Labute approximate surface area is 200 Å². The Kier molecular flexibility index (Phi) is 6.86. The summed E-state index contributed by atoms with van der Waals surface area (Å²) in [5, 5.41) is 10.6. The van der Waals surface area contributed by atoms with Crippen LogP contribution in [0.25, 0.3) is 10.4 Å². The van der Waals surface area contributed by atoms with E-state index in [-0.39, 0.29) is 33.5 Å². The van der Waals surface area contributed by atoms with Gasteiger partial charge in [-0.15, -0.1) is 11.3 Å². The van der Waals surface area contributed by atoms with Crippen molar-refractivity contribution in [3.8, 4) is 10.4 Å². The summed E-state index contributed by atoms with van der Waals surface area (Å²) >= 11 is 13.5. The van der Waals surface area contributed by atoms with Gasteiger partial charge in [0.15, 0.2) is 0 Å². The van der Waals surface area contributed by atoms with Gasteiger partial charge in [0.05, 0.1) is 22.3 Å². The van der Waals surface area contributed by atoms with Crippen molar-refractivity contribution in [1.82, 2.24) is 0 Å². The van der Waals surface area contributed by atoms with E-state index in [1.807, 2.05) is 30.3 Å². The van der Waals surface area contributed by atoms with Crippen LogP contribution >= 0.6 is 34.5 Å². The molecule has 0 radical (unpaired) electrons. The van der Waals surface area contributed by atoms with Crippen molar-refractivity contribution in [2.45, 2.75) is 37.8 Å². The highest BCUT2D eigenvalue weighted by Gasteiger charge is 2.36. The molecule has 166 valence electrons. The van der Waals surface area contributed by atoms with Gasteiger partial charge in [-0.2, -0.15) is 0 Å². The number of carbonyl (C=O) groups is 2. The molecule has 5 nitrogen and oxygen atoms in total. The molecule has 3 aromatic rings. The highest BCUT2D eigenvalue weighted by molar-refractivity contribution is 7.18. The molecule has 1 aliphatic rings. The van der Waals surface area contributed by atoms with Gasteiger partial charge < -0.3 is 15.7 Å². The van der Waals surface area contributed by atoms with Crippen molar-refractivity contribution < 1.29 is 14.7 Å². The topological polar surface area (TPSA) is 83.6 Å². The number of carboxylic acid groups (broad SMARTS) is 1. The summed E-state index contributed by atoms with van der Waals surface area (Å²) in [6.45, 7) is 0. The van der Waals surface area contributed by atoms with Crippen LogP contribution in [0.4, 0.5) is 5.69 Å². The minimum atomic E-state index is -1.09. The maximum atomic E-state index is 13.8. The summed E-state index contributed by atoms with van der Waals surface area (Å²) < 4.78 is 0. The molecule has 8 heteroatoms. The van der Waals surface area contributed by atoms with Crippen molar-refractivity contribution in [3.63, 3.8) is 0 Å². The van der Waals surface area contributed by atoms with Crippen molar-refractivity contribution in [3.05, 3.63) is 75.1 Å². The fraction of sp³-hybridized carbons (Fsp3) is 0.250. The Hall–Kier alpha value is -2.38. The minimum Gasteiger partial charge on any atom is -0.477 e. The van der Waals surface area contributed by atoms with Gasteiger partial charge in [-0.3, -0.25) is 4.79 Å². The maximum absolute atomic E-state index is 13.8. The van der Waals surface area contributed by atoms with Crippen LogP contribution in [0.2, 0.25) is 10.0 Å². The van der Waals surface area contributed by atoms with Crippen LogP contribution in [0.3, 0.4) is 0 Å². The van der Waals surface area contributed by atoms with E-state index in [1.54, 1.807) is 23.1 Å². The van der Waals surface area contributed by atoms with Crippen LogP contribution in [0.15, 0.2) is 54.6 Å². The van der Waals surface area contributed by atoms with E-state index in [4.69, 9.17) is 28.9 Å². The third-order valence-electron chi connectivity index (χ3n) is 5.72. The van der Waals surface area contributed by atoms with Gasteiger partial charge in [0.25, 0.3) is 5.91 Å². The van der Waals surface area contributed by atoms with Crippen molar-refractivity contribution in [1.29, 1.82) is 0 Å². The van der Waals surface area contributed by atoms with Crippen molar-refractivity contribution in [2.24, 2.45) is 5.73 Å². The van der Waals surface area contributed by atoms with E-state index < -0.39 is 5.97 Å². The van der Waals surface area contributed by atoms with E-state index in [0.29, 0.717) is 17.1 Å². The lowest BCUT2D eigenvalue weighted by Crippen LogP contribution is -2.52. The fourth-order valence-corrected chi connectivity index (χ4v) is 5.63. The highest BCUT2D eigenvalue weighted by Crippen LogP contribution is 2.40. The Morgan fingerprint density at radius 3 is 2.41 bits per heavy atom. The molecule has 1 amide bonds. The third kappa shape index (κ3) is 4.55. The summed E-state index contributed by atoms with van der Waals surface area (Å²) in [7, 11) is 0. The van der Waals surface area contributed by atoms with Crippen molar-refractivity contribution in [2.75, 3.05) is 4.90 Å². The van der Waals surface area contributed by atoms with Gasteiger partial charge in [0.2, 0.25) is 0 Å². The molecule has 1 fully saturated rings. The molecule has 2 unspecified atom stereocenters. The SMILES string of the molecule is NC1CCCCC1N(C(=O)c1ccc(Cl)cc1Cl)c1cc(-c2ccccc2)sc1C(=O)O. The highest BCUT2D eigenvalue weighted by atomic mass is 35.5. The zero-order valence-corrected chi connectivity index (χ0v) is 19.5. The summed E-state index contributed by atoms with van der Waals surface area (Å²) in [5.41, 5.74) is 7.94. The number of amides is 1. The average Bonchev–Trinajstić information content (AvgIpc) is 3.21. The number of anilines is 1. The molecule has 32 heavy (non-hydrogen) atoms. The average molecular weight is 489 g/mol. The van der Waals surface area contributed by atoms with Gasteiger partial charge in [0.1, 0.15) is 4.88 Å². The molecule has 1 saturated carbocycles. The third-order valence-corrected chi connectivity index (χ3v) is 7.43. The lowest BCUT2D eigenvalue weighted by molar-refractivity contribution is 0.0702. The number of nitrogens with zero attached hydrogens (tertiary/aromatic N) is 1. The van der Waals surface area contributed by atoms with E-state index in [9.17, 15) is 14.7 Å². The number of hydrogen-bond donors (Lipinski definition) is 2. The molecule has 1 aliphatic carbocycles. The normalized spacial score (nSPS) is 18.3. The number of carboxylic acids is 1. The van der Waals surface area contributed by atoms with Crippen LogP contribution in [0.1, 0.15) is 45.7 Å². The zero-order chi connectivity index (χ0) is 22.8. The number of nitrogens with two attached hydrogens (primary N) is 1. The second kappa shape index (κ2) is 9.63. The Balaban J connectivity index is 1.87. The first kappa shape index (κ1) is 22.8. The molecule has 0 saturated heterocycles. The summed E-state index contributed by atoms with van der Waals surface area (Å²) in [6, 6.07) is 15.4. The minimum absolute atomic E-state index is 0.0973. The molecule has 1 aromatic heterocycles. The molecule has 0 spiro atoms. The van der Waals surface area contributed by atoms with E-state index in [0.717, 1.165) is 41.0 Å². The molecule has 0 bridgehead atoms. The molecule has 3 N–H and O–H groups in total. The number of halogens is 2. The fourth-order valence-electron chi connectivity index (χ4n) is 4.15. The van der Waals surface area contributed by atoms with Gasteiger partial charge in [-0.1, -0.05) is 66.4 Å². The number of benzene rings is 2. The summed E-state index contributed by atoms with van der Waals surface area (Å²) in [6.07, 6.45) is 3.34. The Bertz CT molecular complexity index is 1150. The standard InChI is InChI=1S/C24H22Cl2N2O3S/c25-15-10-11-16(17(26)12-15)23(29)28(19-9-5-4-8-18(19)27)20-13-21(32-22(20)24(30)31)14-6-2-1-3-7-14/h1-3,6-7,10-13,18-19H,4-5,8-9,27H2,(H,30,31). The lowest BCUT2D eigenvalue weighted by atomic mass is 9.89. The number of thiophene rings is 1. The van der Waals surface area contributed by atoms with E-state index >= 15 is 0 Å². The summed E-state index contributed by atoms with van der Waals surface area (Å²) in [4.78, 5) is 28.4. The molecule has 2 atom stereocenters. The molecule has 0 aliphatic heterocycles. The molecular weight excluding hydrogens is 467 g/mol. The first-order chi connectivity index (χ1) is 15.4. The van der Waals surface area contributed by atoms with E-state index in [2.05, 4.69) is 0 Å². The molecular formula is C24H22Cl2N2O3S. The largest absolute Gasteiger partial charge is 0.477 e. The van der Waals surface area contributed by atoms with Gasteiger partial charge in [-0.25, -0.2) is 4.79 Å². The predicted molar refractivity (Wildman–Crippen MR) is 130 cm³/mol. The zero-order valence-electron chi connectivity index (χ0n) is 17.1. The Morgan fingerprint density at radius 2 is 1.75 bits per heavy atom. The molecule has 1 heterocycles. The van der Waals surface area contributed by atoms with Crippen LogP contribution in [-0.2, 0) is 0 Å². The Morgan fingerprint density at radius 1 is 1.03 bits per heavy atom. The predicted octanol–water partition coefficient (Wildman–Crippen LogP) is 6.34. The second-order valence-corrected chi connectivity index (χ2v) is 9.71. The second-order valence-electron chi connectivity index (χ2n) is 7.81. The van der Waals surface area contributed by atoms with Crippen LogP contribution < -0.4 is 10.6 Å². The first-order valence-electron chi connectivity index (χ1n) is 10.3. The monoisotopic (exact) mass is 488 g/mol. The van der Waals surface area contributed by atoms with Crippen LogP contribution in [0.5, 0.6) is 0 Å². The number of rotatable bonds is 5. The van der Waals surface area contributed by atoms with Crippen LogP contribution in [0, 0.1) is 0 Å². The lowest BCUT2D eigenvalue weighted by Gasteiger charge is -2.38. The maximum Gasteiger partial charge on any atom is 0.348 e. The van der Waals surface area contributed by atoms with Gasteiger partial charge >= 0.3 is 5.97 Å². The van der Waals surface area contributed by atoms with Crippen LogP contribution in [-0.4, -0.2) is 29.1 Å². The molecule has 2 aromatic carbocycles. The smallest absolute Gasteiger partial charge is 0.348 e. The van der Waals surface area contributed by atoms with E-state index in [1.165, 1.54) is 6.07 Å². The molecule has 4 rings (SSSR count). The number of aromatic carboxylic acids is 1.